The van der Waals surface area contributed by atoms with Crippen LogP contribution in [0.2, 0.25) is 0 Å². The Balaban J connectivity index is 3.41. The summed E-state index contributed by atoms with van der Waals surface area (Å²) in [5.74, 6) is -3.10. The Morgan fingerprint density at radius 2 is 1.76 bits per heavy atom. The summed E-state index contributed by atoms with van der Waals surface area (Å²) in [4.78, 5) is 31.9. The Hall–Kier alpha value is -1.43. The average molecular weight is 246 g/mol. The molecule has 1 N–H and O–H groups in total. The molecule has 0 unspecified atom stereocenters. The van der Waals surface area contributed by atoms with E-state index in [1.807, 2.05) is 6.92 Å². The van der Waals surface area contributed by atoms with E-state index in [2.05, 4.69) is 0 Å². The van der Waals surface area contributed by atoms with Crippen LogP contribution in [0.25, 0.3) is 0 Å². The molecule has 0 aromatic rings. The second-order valence-electron chi connectivity index (χ2n) is 3.41. The Morgan fingerprint density at radius 3 is 2.35 bits per heavy atom. The molecular weight excluding hydrogens is 228 g/mol. The van der Waals surface area contributed by atoms with Gasteiger partial charge in [-0.15, -0.1) is 0 Å². The van der Waals surface area contributed by atoms with Crippen LogP contribution in [0.1, 0.15) is 32.6 Å². The largest absolute Gasteiger partial charge is 0.476 e. The molecule has 0 aliphatic heterocycles. The molecule has 0 amide bonds. The molecule has 0 spiro atoms. The Kier molecular flexibility index (Phi) is 8.95. The lowest BCUT2D eigenvalue weighted by Crippen LogP contribution is -2.16. The van der Waals surface area contributed by atoms with Crippen molar-refractivity contribution in [3.05, 3.63) is 0 Å². The van der Waals surface area contributed by atoms with Crippen molar-refractivity contribution in [2.75, 3.05) is 19.8 Å². The van der Waals surface area contributed by atoms with Crippen LogP contribution < -0.4 is 0 Å². The molecule has 0 aliphatic rings. The zero-order valence-electron chi connectivity index (χ0n) is 9.94. The number of unbranched alkanes of at least 4 members (excludes halogenated alkanes) is 1. The van der Waals surface area contributed by atoms with Gasteiger partial charge in [0.2, 0.25) is 5.78 Å². The minimum Gasteiger partial charge on any atom is -0.476 e. The summed E-state index contributed by atoms with van der Waals surface area (Å²) in [7, 11) is 0. The lowest BCUT2D eigenvalue weighted by molar-refractivity contribution is -0.151. The number of ketones is 1. The SMILES string of the molecule is CCCCOCCOC(=O)CCC(=O)C(=O)O. The highest BCUT2D eigenvalue weighted by molar-refractivity contribution is 6.32. The van der Waals surface area contributed by atoms with E-state index in [4.69, 9.17) is 14.6 Å². The quantitative estimate of drug-likeness (QED) is 0.348. The normalized spacial score (nSPS) is 9.94. The zero-order valence-corrected chi connectivity index (χ0v) is 9.94. The molecule has 6 nitrogen and oxygen atoms in total. The molecule has 0 radical (unpaired) electrons. The average Bonchev–Trinajstić information content (AvgIpc) is 2.30. The lowest BCUT2D eigenvalue weighted by atomic mass is 10.2. The molecule has 0 atom stereocenters. The number of carboxylic acid groups (broad SMARTS) is 1. The number of carbonyl (C=O) groups is 3. The number of carboxylic acids is 1. The summed E-state index contributed by atoms with van der Waals surface area (Å²) in [6.45, 7) is 3.12. The van der Waals surface area contributed by atoms with Crippen LogP contribution in [0.15, 0.2) is 0 Å². The second-order valence-corrected chi connectivity index (χ2v) is 3.41. The van der Waals surface area contributed by atoms with Crippen molar-refractivity contribution in [3.8, 4) is 0 Å². The van der Waals surface area contributed by atoms with Gasteiger partial charge in [0.15, 0.2) is 0 Å². The van der Waals surface area contributed by atoms with Gasteiger partial charge in [0.05, 0.1) is 13.0 Å². The zero-order chi connectivity index (χ0) is 13.1. The van der Waals surface area contributed by atoms with E-state index in [1.165, 1.54) is 0 Å². The van der Waals surface area contributed by atoms with E-state index >= 15 is 0 Å². The fraction of sp³-hybridized carbons (Fsp3) is 0.727. The monoisotopic (exact) mass is 246 g/mol. The molecular formula is C11H18O6. The Labute approximate surface area is 99.9 Å². The minimum absolute atomic E-state index is 0.129. The fourth-order valence-corrected chi connectivity index (χ4v) is 0.958. The summed E-state index contributed by atoms with van der Waals surface area (Å²) in [5, 5.41) is 8.27. The maximum Gasteiger partial charge on any atom is 0.372 e. The second kappa shape index (κ2) is 9.77. The molecule has 0 aliphatic carbocycles. The van der Waals surface area contributed by atoms with Gasteiger partial charge in [-0.1, -0.05) is 13.3 Å². The summed E-state index contributed by atoms with van der Waals surface area (Å²) >= 11 is 0. The maximum atomic E-state index is 11.0. The van der Waals surface area contributed by atoms with Gasteiger partial charge in [0.1, 0.15) is 6.61 Å². The molecule has 0 aromatic heterocycles. The van der Waals surface area contributed by atoms with Crippen molar-refractivity contribution in [1.29, 1.82) is 0 Å². The highest BCUT2D eigenvalue weighted by atomic mass is 16.6. The van der Waals surface area contributed by atoms with E-state index in [9.17, 15) is 14.4 Å². The topological polar surface area (TPSA) is 89.9 Å². The first-order valence-electron chi connectivity index (χ1n) is 5.57. The number of carbonyl (C=O) groups excluding carboxylic acids is 2. The molecule has 98 valence electrons. The number of Topliss-reactive ketones (excluding diaryl/α,β-unsaturated/α-hetero) is 1. The molecule has 0 aromatic carbocycles. The third-order valence-electron chi connectivity index (χ3n) is 1.93. The number of esters is 1. The molecule has 0 bridgehead atoms. The number of hydrogen-bond donors (Lipinski definition) is 1. The van der Waals surface area contributed by atoms with Crippen LogP contribution in [-0.2, 0) is 23.9 Å². The van der Waals surface area contributed by atoms with Crippen LogP contribution >= 0.6 is 0 Å². The fourth-order valence-electron chi connectivity index (χ4n) is 0.958. The van der Waals surface area contributed by atoms with E-state index in [0.717, 1.165) is 12.8 Å². The van der Waals surface area contributed by atoms with Crippen molar-refractivity contribution in [2.45, 2.75) is 32.6 Å². The highest BCUT2D eigenvalue weighted by Gasteiger charge is 2.13. The number of ether oxygens (including phenoxy) is 2. The van der Waals surface area contributed by atoms with Crippen molar-refractivity contribution >= 4 is 17.7 Å². The van der Waals surface area contributed by atoms with Crippen molar-refractivity contribution in [3.63, 3.8) is 0 Å². The Bertz CT molecular complexity index is 261. The molecule has 0 saturated heterocycles. The van der Waals surface area contributed by atoms with E-state index in [0.29, 0.717) is 13.2 Å². The van der Waals surface area contributed by atoms with Gasteiger partial charge in [-0.2, -0.15) is 0 Å². The van der Waals surface area contributed by atoms with Gasteiger partial charge in [-0.3, -0.25) is 9.59 Å². The number of rotatable bonds is 10. The number of hydrogen-bond acceptors (Lipinski definition) is 5. The maximum absolute atomic E-state index is 11.0. The lowest BCUT2D eigenvalue weighted by Gasteiger charge is -2.04. The van der Waals surface area contributed by atoms with E-state index < -0.39 is 17.7 Å². The van der Waals surface area contributed by atoms with Crippen LogP contribution in [0.4, 0.5) is 0 Å². The van der Waals surface area contributed by atoms with Crippen molar-refractivity contribution in [1.82, 2.24) is 0 Å². The van der Waals surface area contributed by atoms with Crippen LogP contribution in [0, 0.1) is 0 Å². The molecule has 0 rings (SSSR count). The molecule has 17 heavy (non-hydrogen) atoms. The third-order valence-corrected chi connectivity index (χ3v) is 1.93. The van der Waals surface area contributed by atoms with Crippen LogP contribution in [0.3, 0.4) is 0 Å². The predicted octanol–water partition coefficient (Wildman–Crippen LogP) is 0.780. The molecule has 0 fully saturated rings. The smallest absolute Gasteiger partial charge is 0.372 e. The predicted molar refractivity (Wildman–Crippen MR) is 58.6 cm³/mol. The van der Waals surface area contributed by atoms with Crippen molar-refractivity contribution < 1.29 is 29.0 Å². The van der Waals surface area contributed by atoms with E-state index in [1.54, 1.807) is 0 Å². The van der Waals surface area contributed by atoms with Gasteiger partial charge < -0.3 is 14.6 Å². The summed E-state index contributed by atoms with van der Waals surface area (Å²) < 4.78 is 9.89. The highest BCUT2D eigenvalue weighted by Crippen LogP contribution is 1.95. The molecule has 0 saturated carbocycles. The van der Waals surface area contributed by atoms with Gasteiger partial charge in [0, 0.05) is 13.0 Å². The van der Waals surface area contributed by atoms with E-state index in [-0.39, 0.29) is 19.4 Å². The Morgan fingerprint density at radius 1 is 1.06 bits per heavy atom. The van der Waals surface area contributed by atoms with Gasteiger partial charge in [0.25, 0.3) is 0 Å². The first-order chi connectivity index (χ1) is 8.07. The summed E-state index contributed by atoms with van der Waals surface area (Å²) in [5.41, 5.74) is 0. The molecule has 6 heteroatoms. The van der Waals surface area contributed by atoms with Gasteiger partial charge in [-0.05, 0) is 6.42 Å². The van der Waals surface area contributed by atoms with Gasteiger partial charge in [-0.25, -0.2) is 4.79 Å². The number of aliphatic carboxylic acids is 1. The first-order valence-corrected chi connectivity index (χ1v) is 5.57. The summed E-state index contributed by atoms with van der Waals surface area (Å²) in [6, 6.07) is 0. The minimum atomic E-state index is -1.53. The molecule has 0 heterocycles. The third kappa shape index (κ3) is 9.50. The standard InChI is InChI=1S/C11H18O6/c1-2-3-6-16-7-8-17-10(13)5-4-9(12)11(14)15/h2-8H2,1H3,(H,14,15). The van der Waals surface area contributed by atoms with Crippen molar-refractivity contribution in [2.24, 2.45) is 0 Å². The first kappa shape index (κ1) is 15.6. The van der Waals surface area contributed by atoms with Crippen LogP contribution in [-0.4, -0.2) is 42.6 Å². The van der Waals surface area contributed by atoms with Gasteiger partial charge >= 0.3 is 11.9 Å². The van der Waals surface area contributed by atoms with Crippen LogP contribution in [0.5, 0.6) is 0 Å². The summed E-state index contributed by atoms with van der Waals surface area (Å²) in [6.07, 6.45) is 1.46.